The largest absolute Gasteiger partial charge is 0.484 e. The van der Waals surface area contributed by atoms with Crippen molar-refractivity contribution < 1.29 is 26.4 Å². The molecular weight excluding hydrogens is 717 g/mol. The number of carbonyl (C=O) groups is 1. The van der Waals surface area contributed by atoms with Crippen molar-refractivity contribution in [3.05, 3.63) is 126 Å². The van der Waals surface area contributed by atoms with Crippen molar-refractivity contribution in [3.63, 3.8) is 0 Å². The van der Waals surface area contributed by atoms with E-state index in [0.717, 1.165) is 5.39 Å². The molecule has 0 bridgehead atoms. The van der Waals surface area contributed by atoms with Gasteiger partial charge in [-0.3, -0.25) is 14.2 Å². The van der Waals surface area contributed by atoms with Crippen LogP contribution in [-0.2, 0) is 24.8 Å². The zero-order valence-electron chi connectivity index (χ0n) is 25.9. The highest BCUT2D eigenvalue weighted by molar-refractivity contribution is 7.93. The van der Waals surface area contributed by atoms with E-state index in [1.807, 2.05) is 24.3 Å². The third-order valence-corrected chi connectivity index (χ3v) is 11.5. The minimum absolute atomic E-state index is 0.104. The second kappa shape index (κ2) is 14.9. The molecule has 0 fully saturated rings. The predicted molar refractivity (Wildman–Crippen MR) is 199 cm³/mol. The van der Waals surface area contributed by atoms with Gasteiger partial charge < -0.3 is 15.8 Å². The van der Waals surface area contributed by atoms with Crippen molar-refractivity contribution in [1.29, 1.82) is 0 Å². The summed E-state index contributed by atoms with van der Waals surface area (Å²) >= 11 is 2.42. The molecule has 0 spiro atoms. The van der Waals surface area contributed by atoms with Crippen LogP contribution in [0.25, 0.3) is 21.5 Å². The summed E-state index contributed by atoms with van der Waals surface area (Å²) in [6, 6.07) is 29.3. The van der Waals surface area contributed by atoms with E-state index in [0.29, 0.717) is 38.4 Å². The molecule has 0 unspecified atom stereocenters. The van der Waals surface area contributed by atoms with Crippen molar-refractivity contribution in [2.75, 3.05) is 27.1 Å². The van der Waals surface area contributed by atoms with E-state index >= 15 is 0 Å². The third kappa shape index (κ3) is 8.01. The number of carbonyl (C=O) groups excluding carboxylic acids is 1. The molecule has 16 heteroatoms. The Kier molecular flexibility index (Phi) is 10.2. The van der Waals surface area contributed by atoms with E-state index in [1.54, 1.807) is 83.7 Å². The highest BCUT2D eigenvalue weighted by Gasteiger charge is 2.21. The van der Waals surface area contributed by atoms with Crippen LogP contribution in [0.2, 0.25) is 0 Å². The van der Waals surface area contributed by atoms with Crippen LogP contribution in [0, 0.1) is 0 Å². The average molecular weight is 745 g/mol. The number of ether oxygens (including phenoxy) is 1. The number of nitrogens with zero attached hydrogens (tertiary/aromatic N) is 2. The van der Waals surface area contributed by atoms with Gasteiger partial charge in [-0.25, -0.2) is 26.8 Å². The highest BCUT2D eigenvalue weighted by Crippen LogP contribution is 2.32. The van der Waals surface area contributed by atoms with Gasteiger partial charge >= 0.3 is 0 Å². The molecule has 1 amide bonds. The molecule has 7 aromatic rings. The van der Waals surface area contributed by atoms with Crippen LogP contribution >= 0.6 is 22.7 Å². The van der Waals surface area contributed by atoms with Crippen molar-refractivity contribution in [3.8, 4) is 5.75 Å². The van der Waals surface area contributed by atoms with E-state index in [9.17, 15) is 21.6 Å². The maximum atomic E-state index is 12.9. The van der Waals surface area contributed by atoms with Gasteiger partial charge in [0, 0.05) is 56.1 Å². The van der Waals surface area contributed by atoms with Crippen molar-refractivity contribution in [2.45, 2.75) is 9.79 Å². The zero-order chi connectivity index (χ0) is 35.1. The fourth-order valence-electron chi connectivity index (χ4n) is 4.88. The summed E-state index contributed by atoms with van der Waals surface area (Å²) in [4.78, 5) is 20.5. The number of para-hydroxylation sites is 1. The Morgan fingerprint density at radius 1 is 0.640 bits per heavy atom. The van der Waals surface area contributed by atoms with E-state index in [-0.39, 0.29) is 27.4 Å². The minimum Gasteiger partial charge on any atom is -0.484 e. The Bertz CT molecular complexity index is 2480. The number of nitrogens with two attached hydrogens (primary N) is 1. The van der Waals surface area contributed by atoms with Gasteiger partial charge in [0.2, 0.25) is 0 Å². The number of nitrogens with one attached hydrogen (secondary N) is 3. The number of amides is 1. The molecule has 0 saturated heterocycles. The molecule has 7 rings (SSSR count). The Morgan fingerprint density at radius 2 is 1.14 bits per heavy atom. The molecule has 50 heavy (non-hydrogen) atoms. The quantitative estimate of drug-likeness (QED) is 0.110. The Morgan fingerprint density at radius 3 is 1.70 bits per heavy atom. The van der Waals surface area contributed by atoms with Gasteiger partial charge in [-0.2, -0.15) is 0 Å². The number of aromatic nitrogens is 2. The van der Waals surface area contributed by atoms with E-state index in [2.05, 4.69) is 24.7 Å². The summed E-state index contributed by atoms with van der Waals surface area (Å²) in [7, 11) is -7.53. The molecule has 0 aliphatic carbocycles. The molecule has 5 aromatic carbocycles. The number of anilines is 4. The van der Waals surface area contributed by atoms with Crippen LogP contribution in [0.3, 0.4) is 0 Å². The highest BCUT2D eigenvalue weighted by atomic mass is 32.2. The van der Waals surface area contributed by atoms with Crippen LogP contribution < -0.4 is 25.2 Å². The maximum Gasteiger partial charge on any atom is 0.264 e. The lowest BCUT2D eigenvalue weighted by Crippen LogP contribution is -2.20. The molecule has 0 aliphatic rings. The lowest BCUT2D eigenvalue weighted by atomic mass is 10.1. The lowest BCUT2D eigenvalue weighted by Gasteiger charge is -2.13. The van der Waals surface area contributed by atoms with Gasteiger partial charge in [-0.15, -0.1) is 22.7 Å². The summed E-state index contributed by atoms with van der Waals surface area (Å²) in [5.41, 5.74) is 6.93. The molecule has 2 heterocycles. The molecule has 2 aromatic heterocycles. The van der Waals surface area contributed by atoms with Crippen molar-refractivity contribution in [2.24, 2.45) is 0 Å². The Balaban J connectivity index is 0.000000187. The number of nitrogen functional groups attached to an aromatic ring is 1. The molecule has 0 radical (unpaired) electrons. The number of rotatable bonds is 10. The fraction of sp³-hybridized carbons (Fsp3) is 0.0294. The fourth-order valence-corrected chi connectivity index (χ4v) is 8.89. The third-order valence-electron chi connectivity index (χ3n) is 7.08. The normalized spacial score (nSPS) is 11.4. The van der Waals surface area contributed by atoms with Gasteiger partial charge in [0.05, 0.1) is 9.79 Å². The van der Waals surface area contributed by atoms with Crippen LogP contribution in [0.15, 0.2) is 136 Å². The summed E-state index contributed by atoms with van der Waals surface area (Å²) in [5.74, 6) is 0.243. The summed E-state index contributed by atoms with van der Waals surface area (Å²) < 4.78 is 61.0. The Hall–Kier alpha value is -5.55. The molecule has 0 atom stereocenters. The molecule has 12 nitrogen and oxygen atoms in total. The average Bonchev–Trinajstić information content (AvgIpc) is 3.82. The number of sulfonamides is 2. The van der Waals surface area contributed by atoms with E-state index in [4.69, 9.17) is 10.5 Å². The van der Waals surface area contributed by atoms with Crippen molar-refractivity contribution >= 4 is 91.8 Å². The molecule has 254 valence electrons. The first-order valence-electron chi connectivity index (χ1n) is 14.7. The van der Waals surface area contributed by atoms with Crippen LogP contribution in [0.4, 0.5) is 21.6 Å². The van der Waals surface area contributed by atoms with E-state index < -0.39 is 20.0 Å². The second-order valence-electron chi connectivity index (χ2n) is 10.4. The number of fused-ring (bicyclic) bond motifs is 2. The minimum atomic E-state index is -3.84. The summed E-state index contributed by atoms with van der Waals surface area (Å²) in [5, 5.41) is 9.21. The van der Waals surface area contributed by atoms with Crippen LogP contribution in [0.1, 0.15) is 0 Å². The smallest absolute Gasteiger partial charge is 0.264 e. The van der Waals surface area contributed by atoms with E-state index in [1.165, 1.54) is 41.0 Å². The van der Waals surface area contributed by atoms with Crippen molar-refractivity contribution in [1.82, 2.24) is 9.97 Å². The van der Waals surface area contributed by atoms with Gasteiger partial charge in [-0.05, 0) is 36.4 Å². The standard InChI is InChI=1S/C21H17N3O4S2.C13H11N3O2S2/c25-20(14-28-15-6-2-1-3-7-15)23-18-10-11-19(17-9-5-4-8-16(17)18)30(26,27)24-21-22-12-13-29-21;14-11-5-6-12(10-4-2-1-3-9(10)11)20(17,18)16-13-15-7-8-19-13/h1-13H,14H2,(H,22,24)(H,23,25);1-8H,14H2,(H,15,16). The van der Waals surface area contributed by atoms with Gasteiger partial charge in [0.25, 0.3) is 26.0 Å². The van der Waals surface area contributed by atoms with Gasteiger partial charge in [-0.1, -0.05) is 66.7 Å². The first-order chi connectivity index (χ1) is 24.1. The molecule has 5 N–H and O–H groups in total. The van der Waals surface area contributed by atoms with Gasteiger partial charge in [0.1, 0.15) is 5.75 Å². The molecule has 0 aliphatic heterocycles. The van der Waals surface area contributed by atoms with Crippen LogP contribution in [-0.4, -0.2) is 39.3 Å². The van der Waals surface area contributed by atoms with Gasteiger partial charge in [0.15, 0.2) is 16.9 Å². The zero-order valence-corrected chi connectivity index (χ0v) is 29.2. The predicted octanol–water partition coefficient (Wildman–Crippen LogP) is 6.79. The summed E-state index contributed by atoms with van der Waals surface area (Å²) in [6.45, 7) is -0.163. The lowest BCUT2D eigenvalue weighted by molar-refractivity contribution is -0.118. The Labute approximate surface area is 295 Å². The number of benzene rings is 5. The molecular formula is C34H28N6O6S4. The molecule has 0 saturated carbocycles. The second-order valence-corrected chi connectivity index (χ2v) is 15.5. The summed E-state index contributed by atoms with van der Waals surface area (Å²) in [6.07, 6.45) is 3.07. The number of thiazole rings is 2. The maximum absolute atomic E-state index is 12.9. The first kappa shape index (κ1) is 34.3. The van der Waals surface area contributed by atoms with Crippen LogP contribution in [0.5, 0.6) is 5.75 Å². The number of hydrogen-bond acceptors (Lipinski definition) is 11. The monoisotopic (exact) mass is 744 g/mol. The first-order valence-corrected chi connectivity index (χ1v) is 19.4. The number of hydrogen-bond donors (Lipinski definition) is 4. The SMILES string of the molecule is Nc1ccc(S(=O)(=O)Nc2nccs2)c2ccccc12.O=C(COc1ccccc1)Nc1ccc(S(=O)(=O)Nc2nccs2)c2ccccc12. The topological polar surface area (TPSA) is 182 Å².